The topological polar surface area (TPSA) is 32.8 Å². The van der Waals surface area contributed by atoms with Crippen molar-refractivity contribution in [3.63, 3.8) is 0 Å². The van der Waals surface area contributed by atoms with E-state index < -0.39 is 0 Å². The molecule has 1 unspecified atom stereocenters. The Morgan fingerprint density at radius 2 is 2.05 bits per heavy atom. The third-order valence-electron chi connectivity index (χ3n) is 4.42. The van der Waals surface area contributed by atoms with Gasteiger partial charge in [0.15, 0.2) is 5.78 Å². The van der Waals surface area contributed by atoms with Gasteiger partial charge in [0.2, 0.25) is 0 Å². The molecule has 2 aliphatic rings. The Hall–Kier alpha value is -0.910. The van der Waals surface area contributed by atoms with Gasteiger partial charge in [-0.1, -0.05) is 0 Å². The van der Waals surface area contributed by atoms with Crippen molar-refractivity contribution in [2.24, 2.45) is 0 Å². The molecule has 0 N–H and O–H groups in total. The lowest BCUT2D eigenvalue weighted by Crippen LogP contribution is -2.44. The maximum atomic E-state index is 11.5. The van der Waals surface area contributed by atoms with Gasteiger partial charge >= 0.3 is 0 Å². The number of hydrogen-bond acceptors (Lipinski definition) is 4. The van der Waals surface area contributed by atoms with E-state index in [1.807, 2.05) is 6.07 Å². The monoisotopic (exact) mass is 352 g/mol. The molecule has 114 valence electrons. The Labute approximate surface area is 134 Å². The molecule has 1 aromatic rings. The second-order valence-corrected chi connectivity index (χ2v) is 6.61. The van der Waals surface area contributed by atoms with Gasteiger partial charge in [-0.2, -0.15) is 0 Å². The van der Waals surface area contributed by atoms with E-state index in [9.17, 15) is 4.79 Å². The van der Waals surface area contributed by atoms with Gasteiger partial charge in [0.25, 0.3) is 0 Å². The first-order valence-corrected chi connectivity index (χ1v) is 8.31. The lowest BCUT2D eigenvalue weighted by molar-refractivity contribution is 0.0209. The summed E-state index contributed by atoms with van der Waals surface area (Å²) in [5.74, 6) is 0.0982. The number of nitrogens with zero attached hydrogens (tertiary/aromatic N) is 2. The standard InChI is InChI=1S/C16H21BrN2O2/c1-12(20)15-3-2-13(10-16(15)17)19-5-4-14(11-19)18-6-8-21-9-7-18/h2-3,10,14H,4-9,11H2,1H3. The molecule has 0 radical (unpaired) electrons. The third kappa shape index (κ3) is 3.30. The van der Waals surface area contributed by atoms with E-state index >= 15 is 0 Å². The largest absolute Gasteiger partial charge is 0.379 e. The van der Waals surface area contributed by atoms with Crippen LogP contribution in [0, 0.1) is 0 Å². The van der Waals surface area contributed by atoms with Crippen LogP contribution >= 0.6 is 15.9 Å². The van der Waals surface area contributed by atoms with Crippen LogP contribution in [0.5, 0.6) is 0 Å². The molecule has 0 bridgehead atoms. The normalized spacial score (nSPS) is 23.5. The molecular weight excluding hydrogens is 332 g/mol. The van der Waals surface area contributed by atoms with Crippen LogP contribution in [0.15, 0.2) is 22.7 Å². The number of morpholine rings is 1. The summed E-state index contributed by atoms with van der Waals surface area (Å²) < 4.78 is 6.32. The van der Waals surface area contributed by atoms with Crippen LogP contribution in [0.2, 0.25) is 0 Å². The van der Waals surface area contributed by atoms with Crippen molar-refractivity contribution in [1.29, 1.82) is 0 Å². The fraction of sp³-hybridized carbons (Fsp3) is 0.562. The van der Waals surface area contributed by atoms with Crippen LogP contribution in [0.4, 0.5) is 5.69 Å². The molecule has 0 aliphatic carbocycles. The van der Waals surface area contributed by atoms with Gasteiger partial charge in [-0.05, 0) is 47.5 Å². The Morgan fingerprint density at radius 1 is 1.29 bits per heavy atom. The van der Waals surface area contributed by atoms with E-state index in [1.165, 1.54) is 12.1 Å². The molecule has 0 saturated carbocycles. The quantitative estimate of drug-likeness (QED) is 0.782. The number of rotatable bonds is 3. The molecular formula is C16H21BrN2O2. The first kappa shape index (κ1) is 15.0. The summed E-state index contributed by atoms with van der Waals surface area (Å²) in [6, 6.07) is 6.67. The molecule has 0 amide bonds. The highest BCUT2D eigenvalue weighted by Gasteiger charge is 2.29. The van der Waals surface area contributed by atoms with Crippen molar-refractivity contribution in [3.8, 4) is 0 Å². The average molecular weight is 353 g/mol. The highest BCUT2D eigenvalue weighted by atomic mass is 79.9. The van der Waals surface area contributed by atoms with Gasteiger partial charge in [0.05, 0.1) is 13.2 Å². The number of carbonyl (C=O) groups excluding carboxylic acids is 1. The Bertz CT molecular complexity index is 529. The molecule has 0 aromatic heterocycles. The second-order valence-electron chi connectivity index (χ2n) is 5.76. The highest BCUT2D eigenvalue weighted by Crippen LogP contribution is 2.28. The van der Waals surface area contributed by atoms with Gasteiger partial charge in [-0.25, -0.2) is 0 Å². The van der Waals surface area contributed by atoms with E-state index in [4.69, 9.17) is 4.74 Å². The number of halogens is 1. The molecule has 5 heteroatoms. The van der Waals surface area contributed by atoms with Gasteiger partial charge in [-0.3, -0.25) is 9.69 Å². The summed E-state index contributed by atoms with van der Waals surface area (Å²) in [7, 11) is 0. The fourth-order valence-electron chi connectivity index (χ4n) is 3.20. The van der Waals surface area contributed by atoms with Crippen LogP contribution in [0.3, 0.4) is 0 Å². The molecule has 2 fully saturated rings. The lowest BCUT2D eigenvalue weighted by Gasteiger charge is -2.32. The predicted octanol–water partition coefficient (Wildman–Crippen LogP) is 2.56. The molecule has 21 heavy (non-hydrogen) atoms. The maximum Gasteiger partial charge on any atom is 0.160 e. The predicted molar refractivity (Wildman–Crippen MR) is 87.2 cm³/mol. The van der Waals surface area contributed by atoms with E-state index in [1.54, 1.807) is 6.92 Å². The number of carbonyl (C=O) groups is 1. The molecule has 4 nitrogen and oxygen atoms in total. The van der Waals surface area contributed by atoms with Crippen LogP contribution in [0.1, 0.15) is 23.7 Å². The van der Waals surface area contributed by atoms with E-state index in [-0.39, 0.29) is 5.78 Å². The Balaban J connectivity index is 1.68. The molecule has 2 heterocycles. The fourth-order valence-corrected chi connectivity index (χ4v) is 3.85. The molecule has 2 aliphatic heterocycles. The van der Waals surface area contributed by atoms with Crippen molar-refractivity contribution in [2.75, 3.05) is 44.3 Å². The number of ether oxygens (including phenoxy) is 1. The Kier molecular flexibility index (Phi) is 4.62. The SMILES string of the molecule is CC(=O)c1ccc(N2CCC(N3CCOCC3)C2)cc1Br. The zero-order chi connectivity index (χ0) is 14.8. The highest BCUT2D eigenvalue weighted by molar-refractivity contribution is 9.10. The van der Waals surface area contributed by atoms with Crippen molar-refractivity contribution < 1.29 is 9.53 Å². The van der Waals surface area contributed by atoms with E-state index in [0.717, 1.165) is 49.4 Å². The number of Topliss-reactive ketones (excluding diaryl/α,β-unsaturated/α-hetero) is 1. The molecule has 2 saturated heterocycles. The van der Waals surface area contributed by atoms with Crippen molar-refractivity contribution >= 4 is 27.4 Å². The first-order chi connectivity index (χ1) is 10.1. The van der Waals surface area contributed by atoms with E-state index in [2.05, 4.69) is 37.9 Å². The molecule has 3 rings (SSSR count). The average Bonchev–Trinajstić information content (AvgIpc) is 2.97. The lowest BCUT2D eigenvalue weighted by atomic mass is 10.1. The van der Waals surface area contributed by atoms with Crippen molar-refractivity contribution in [3.05, 3.63) is 28.2 Å². The van der Waals surface area contributed by atoms with E-state index in [0.29, 0.717) is 6.04 Å². The third-order valence-corrected chi connectivity index (χ3v) is 5.08. The summed E-state index contributed by atoms with van der Waals surface area (Å²) in [5, 5.41) is 0. The summed E-state index contributed by atoms with van der Waals surface area (Å²) in [5.41, 5.74) is 1.95. The van der Waals surface area contributed by atoms with Crippen molar-refractivity contribution in [1.82, 2.24) is 4.90 Å². The van der Waals surface area contributed by atoms with Crippen LogP contribution < -0.4 is 4.90 Å². The molecule has 1 atom stereocenters. The van der Waals surface area contributed by atoms with Gasteiger partial charge in [0, 0.05) is 47.9 Å². The molecule has 1 aromatic carbocycles. The number of hydrogen-bond donors (Lipinski definition) is 0. The number of anilines is 1. The van der Waals surface area contributed by atoms with Gasteiger partial charge in [-0.15, -0.1) is 0 Å². The van der Waals surface area contributed by atoms with Crippen molar-refractivity contribution in [2.45, 2.75) is 19.4 Å². The van der Waals surface area contributed by atoms with Gasteiger partial charge < -0.3 is 9.64 Å². The second kappa shape index (κ2) is 6.46. The number of benzene rings is 1. The summed E-state index contributed by atoms with van der Waals surface area (Å²) in [6.07, 6.45) is 1.20. The minimum absolute atomic E-state index is 0.0982. The zero-order valence-corrected chi connectivity index (χ0v) is 13.9. The van der Waals surface area contributed by atoms with Crippen LogP contribution in [0.25, 0.3) is 0 Å². The number of ketones is 1. The van der Waals surface area contributed by atoms with Gasteiger partial charge in [0.1, 0.15) is 0 Å². The molecule has 0 spiro atoms. The first-order valence-electron chi connectivity index (χ1n) is 7.52. The summed E-state index contributed by atoms with van der Waals surface area (Å²) in [4.78, 5) is 16.5. The minimum Gasteiger partial charge on any atom is -0.379 e. The smallest absolute Gasteiger partial charge is 0.160 e. The zero-order valence-electron chi connectivity index (χ0n) is 12.3. The summed E-state index contributed by atoms with van der Waals surface area (Å²) in [6.45, 7) is 7.55. The van der Waals surface area contributed by atoms with Crippen LogP contribution in [-0.2, 0) is 4.74 Å². The maximum absolute atomic E-state index is 11.5. The minimum atomic E-state index is 0.0982. The van der Waals surface area contributed by atoms with Crippen LogP contribution in [-0.4, -0.2) is 56.1 Å². The Morgan fingerprint density at radius 3 is 2.71 bits per heavy atom. The summed E-state index contributed by atoms with van der Waals surface area (Å²) >= 11 is 3.51.